The van der Waals surface area contributed by atoms with E-state index in [1.807, 2.05) is 24.3 Å². The zero-order chi connectivity index (χ0) is 15.2. The first-order valence-electron chi connectivity index (χ1n) is 6.34. The first-order chi connectivity index (χ1) is 10.1. The molecule has 0 unspecified atom stereocenters. The Morgan fingerprint density at radius 1 is 1.29 bits per heavy atom. The number of nitro groups is 1. The predicted octanol–water partition coefficient (Wildman–Crippen LogP) is 3.49. The Morgan fingerprint density at radius 2 is 2.10 bits per heavy atom. The van der Waals surface area contributed by atoms with E-state index in [0.29, 0.717) is 12.2 Å². The number of methoxy groups -OCH3 is 1. The highest BCUT2D eigenvalue weighted by atomic mass is 19.1. The molecule has 0 fully saturated rings. The summed E-state index contributed by atoms with van der Waals surface area (Å²) in [5.41, 5.74) is 1.98. The fourth-order valence-electron chi connectivity index (χ4n) is 2.01. The van der Waals surface area contributed by atoms with Crippen LogP contribution in [0.25, 0.3) is 0 Å². The van der Waals surface area contributed by atoms with Gasteiger partial charge in [0.2, 0.25) is 0 Å². The maximum Gasteiger partial charge on any atom is 0.274 e. The quantitative estimate of drug-likeness (QED) is 0.653. The lowest BCUT2D eigenvalue weighted by molar-refractivity contribution is -0.385. The van der Waals surface area contributed by atoms with Crippen LogP contribution in [0.3, 0.4) is 0 Å². The average molecular weight is 290 g/mol. The van der Waals surface area contributed by atoms with E-state index < -0.39 is 10.7 Å². The van der Waals surface area contributed by atoms with Gasteiger partial charge >= 0.3 is 0 Å². The summed E-state index contributed by atoms with van der Waals surface area (Å²) in [6.45, 7) is 0.653. The molecule has 0 aliphatic carbocycles. The molecular formula is C15H15FN2O3. The standard InChI is InChI=1S/C15H15FN2O3/c1-21-10-11-3-2-4-14(7-11)17-9-12-8-13(16)5-6-15(12)18(19)20/h2-8,17H,9-10H2,1H3. The summed E-state index contributed by atoms with van der Waals surface area (Å²) in [6, 6.07) is 10.9. The van der Waals surface area contributed by atoms with Crippen molar-refractivity contribution in [2.45, 2.75) is 13.2 Å². The summed E-state index contributed by atoms with van der Waals surface area (Å²) in [4.78, 5) is 10.4. The lowest BCUT2D eigenvalue weighted by Gasteiger charge is -2.09. The minimum absolute atomic E-state index is 0.100. The van der Waals surface area contributed by atoms with Crippen LogP contribution in [0.5, 0.6) is 0 Å². The van der Waals surface area contributed by atoms with E-state index in [4.69, 9.17) is 4.74 Å². The molecule has 5 nitrogen and oxygen atoms in total. The van der Waals surface area contributed by atoms with Gasteiger partial charge in [-0.15, -0.1) is 0 Å². The number of benzene rings is 2. The lowest BCUT2D eigenvalue weighted by Crippen LogP contribution is -2.04. The maximum atomic E-state index is 13.2. The average Bonchev–Trinajstić information content (AvgIpc) is 2.45. The Hall–Kier alpha value is -2.47. The molecule has 0 heterocycles. The van der Waals surface area contributed by atoms with Crippen molar-refractivity contribution in [2.24, 2.45) is 0 Å². The van der Waals surface area contributed by atoms with Gasteiger partial charge in [-0.3, -0.25) is 10.1 Å². The third-order valence-corrected chi connectivity index (χ3v) is 2.96. The van der Waals surface area contributed by atoms with Gasteiger partial charge in [0.25, 0.3) is 5.69 Å². The van der Waals surface area contributed by atoms with E-state index in [0.717, 1.165) is 17.3 Å². The minimum atomic E-state index is -0.516. The first kappa shape index (κ1) is 14.9. The number of hydrogen-bond donors (Lipinski definition) is 1. The molecule has 21 heavy (non-hydrogen) atoms. The molecule has 0 atom stereocenters. The Kier molecular flexibility index (Phi) is 4.84. The second-order valence-electron chi connectivity index (χ2n) is 4.52. The third kappa shape index (κ3) is 4.00. The molecule has 0 spiro atoms. The van der Waals surface area contributed by atoms with Crippen LogP contribution >= 0.6 is 0 Å². The topological polar surface area (TPSA) is 64.4 Å². The fraction of sp³-hybridized carbons (Fsp3) is 0.200. The number of nitrogens with zero attached hydrogens (tertiary/aromatic N) is 1. The summed E-state index contributed by atoms with van der Waals surface area (Å²) in [6.07, 6.45) is 0. The van der Waals surface area contributed by atoms with Crippen LogP contribution in [0.1, 0.15) is 11.1 Å². The number of nitrogens with one attached hydrogen (secondary N) is 1. The lowest BCUT2D eigenvalue weighted by atomic mass is 10.1. The second-order valence-corrected chi connectivity index (χ2v) is 4.52. The van der Waals surface area contributed by atoms with Crippen LogP contribution in [-0.4, -0.2) is 12.0 Å². The molecular weight excluding hydrogens is 275 g/mol. The van der Waals surface area contributed by atoms with Crippen molar-refractivity contribution in [2.75, 3.05) is 12.4 Å². The molecule has 0 saturated heterocycles. The highest BCUT2D eigenvalue weighted by molar-refractivity contribution is 5.48. The molecule has 2 aromatic rings. The third-order valence-electron chi connectivity index (χ3n) is 2.96. The Balaban J connectivity index is 2.14. The number of nitro benzene ring substituents is 1. The number of rotatable bonds is 6. The van der Waals surface area contributed by atoms with Crippen LogP contribution < -0.4 is 5.32 Å². The summed E-state index contributed by atoms with van der Waals surface area (Å²) in [5, 5.41) is 14.0. The highest BCUT2D eigenvalue weighted by Crippen LogP contribution is 2.21. The Morgan fingerprint density at radius 3 is 2.81 bits per heavy atom. The van der Waals surface area contributed by atoms with Gasteiger partial charge in [0.05, 0.1) is 17.1 Å². The second kappa shape index (κ2) is 6.81. The predicted molar refractivity (Wildman–Crippen MR) is 77.5 cm³/mol. The van der Waals surface area contributed by atoms with Gasteiger partial charge in [-0.1, -0.05) is 12.1 Å². The molecule has 0 amide bonds. The van der Waals surface area contributed by atoms with Gasteiger partial charge in [-0.25, -0.2) is 4.39 Å². The van der Waals surface area contributed by atoms with E-state index in [1.165, 1.54) is 12.1 Å². The van der Waals surface area contributed by atoms with Gasteiger partial charge in [0, 0.05) is 25.4 Å². The minimum Gasteiger partial charge on any atom is -0.381 e. The molecule has 0 bridgehead atoms. The van der Waals surface area contributed by atoms with Crippen molar-refractivity contribution >= 4 is 11.4 Å². The zero-order valence-corrected chi connectivity index (χ0v) is 11.5. The molecule has 2 aromatic carbocycles. The SMILES string of the molecule is COCc1cccc(NCc2cc(F)ccc2[N+](=O)[O-])c1. The van der Waals surface area contributed by atoms with Crippen molar-refractivity contribution in [3.63, 3.8) is 0 Å². The van der Waals surface area contributed by atoms with Gasteiger partial charge < -0.3 is 10.1 Å². The zero-order valence-electron chi connectivity index (χ0n) is 11.5. The largest absolute Gasteiger partial charge is 0.381 e. The Bertz CT molecular complexity index is 647. The number of anilines is 1. The van der Waals surface area contributed by atoms with Crippen molar-refractivity contribution in [1.82, 2.24) is 0 Å². The van der Waals surface area contributed by atoms with Gasteiger partial charge in [-0.2, -0.15) is 0 Å². The summed E-state index contributed by atoms with van der Waals surface area (Å²) >= 11 is 0. The van der Waals surface area contributed by atoms with Crippen molar-refractivity contribution in [3.05, 3.63) is 69.5 Å². The summed E-state index contributed by atoms with van der Waals surface area (Å²) < 4.78 is 18.3. The van der Waals surface area contributed by atoms with Crippen LogP contribution in [0.4, 0.5) is 15.8 Å². The van der Waals surface area contributed by atoms with Crippen LogP contribution in [0.15, 0.2) is 42.5 Å². The fourth-order valence-corrected chi connectivity index (χ4v) is 2.01. The molecule has 0 aliphatic rings. The normalized spacial score (nSPS) is 10.4. The monoisotopic (exact) mass is 290 g/mol. The van der Waals surface area contributed by atoms with E-state index in [-0.39, 0.29) is 12.2 Å². The Labute approximate surface area is 121 Å². The molecule has 0 radical (unpaired) electrons. The molecule has 2 rings (SSSR count). The van der Waals surface area contributed by atoms with Crippen molar-refractivity contribution in [3.8, 4) is 0 Å². The van der Waals surface area contributed by atoms with Gasteiger partial charge in [0.1, 0.15) is 5.82 Å². The van der Waals surface area contributed by atoms with E-state index in [2.05, 4.69) is 5.32 Å². The number of hydrogen-bond acceptors (Lipinski definition) is 4. The molecule has 0 aliphatic heterocycles. The van der Waals surface area contributed by atoms with Gasteiger partial charge in [0.15, 0.2) is 0 Å². The van der Waals surface area contributed by atoms with Crippen molar-refractivity contribution in [1.29, 1.82) is 0 Å². The van der Waals surface area contributed by atoms with E-state index in [1.54, 1.807) is 7.11 Å². The van der Waals surface area contributed by atoms with Gasteiger partial charge in [-0.05, 0) is 29.8 Å². The highest BCUT2D eigenvalue weighted by Gasteiger charge is 2.14. The molecule has 110 valence electrons. The smallest absolute Gasteiger partial charge is 0.274 e. The van der Waals surface area contributed by atoms with Crippen LogP contribution in [0.2, 0.25) is 0 Å². The van der Waals surface area contributed by atoms with E-state index >= 15 is 0 Å². The summed E-state index contributed by atoms with van der Waals surface area (Å²) in [5.74, 6) is -0.495. The molecule has 0 aromatic heterocycles. The molecule has 1 N–H and O–H groups in total. The van der Waals surface area contributed by atoms with E-state index in [9.17, 15) is 14.5 Å². The van der Waals surface area contributed by atoms with Crippen LogP contribution in [0, 0.1) is 15.9 Å². The number of halogens is 1. The number of ether oxygens (including phenoxy) is 1. The van der Waals surface area contributed by atoms with Crippen LogP contribution in [-0.2, 0) is 17.9 Å². The maximum absolute atomic E-state index is 13.2. The molecule has 0 saturated carbocycles. The molecule has 6 heteroatoms. The summed E-state index contributed by atoms with van der Waals surface area (Å²) in [7, 11) is 1.61. The van der Waals surface area contributed by atoms with Crippen molar-refractivity contribution < 1.29 is 14.1 Å². The first-order valence-corrected chi connectivity index (χ1v) is 6.34.